The maximum absolute atomic E-state index is 12.3. The van der Waals surface area contributed by atoms with Crippen LogP contribution in [-0.4, -0.2) is 40.2 Å². The molecule has 1 fully saturated rings. The first-order valence-corrected chi connectivity index (χ1v) is 5.54. The molecule has 2 rings (SSSR count). The van der Waals surface area contributed by atoms with Crippen LogP contribution in [0.3, 0.4) is 0 Å². The highest BCUT2D eigenvalue weighted by Crippen LogP contribution is 2.21. The summed E-state index contributed by atoms with van der Waals surface area (Å²) in [7, 11) is 0. The second-order valence-corrected chi connectivity index (χ2v) is 4.61. The van der Waals surface area contributed by atoms with Crippen LogP contribution in [0.4, 0.5) is 0 Å². The van der Waals surface area contributed by atoms with E-state index in [1.807, 2.05) is 30.3 Å². The first-order chi connectivity index (χ1) is 7.57. The zero-order chi connectivity index (χ0) is 11.6. The number of quaternary nitrogens is 1. The van der Waals surface area contributed by atoms with Gasteiger partial charge in [-0.05, 0) is 0 Å². The van der Waals surface area contributed by atoms with Crippen molar-refractivity contribution >= 4 is 0 Å². The number of aliphatic hydroxyl groups excluding tert-OH is 2. The number of benzene rings is 1. The lowest BCUT2D eigenvalue weighted by Gasteiger charge is -2.48. The molecule has 1 aromatic rings. The molecular weight excluding hydrogens is 206 g/mol. The van der Waals surface area contributed by atoms with Crippen molar-refractivity contribution in [1.82, 2.24) is 0 Å². The van der Waals surface area contributed by atoms with Crippen molar-refractivity contribution in [1.29, 1.82) is 0 Å². The molecule has 0 bridgehead atoms. The molecule has 1 aliphatic heterocycles. The topological polar surface area (TPSA) is 63.5 Å². The predicted molar refractivity (Wildman–Crippen MR) is 60.1 cm³/mol. The third-order valence-corrected chi connectivity index (χ3v) is 2.94. The lowest BCUT2D eigenvalue weighted by molar-refractivity contribution is -0.905. The number of hydrogen-bond donors (Lipinski definition) is 2. The molecule has 1 aromatic carbocycles. The van der Waals surface area contributed by atoms with Crippen LogP contribution in [0, 0.1) is 5.21 Å². The van der Waals surface area contributed by atoms with Gasteiger partial charge in [0, 0.05) is 12.0 Å². The number of aliphatic hydroxyl groups is 2. The van der Waals surface area contributed by atoms with Crippen molar-refractivity contribution in [3.63, 3.8) is 0 Å². The van der Waals surface area contributed by atoms with Crippen molar-refractivity contribution in [2.75, 3.05) is 13.1 Å². The summed E-state index contributed by atoms with van der Waals surface area (Å²) in [4.78, 5) is 0. The number of nitrogens with zero attached hydrogens (tertiary/aromatic N) is 1. The van der Waals surface area contributed by atoms with E-state index in [9.17, 15) is 15.4 Å². The summed E-state index contributed by atoms with van der Waals surface area (Å²) in [6.07, 6.45) is -1.06. The fourth-order valence-electron chi connectivity index (χ4n) is 2.35. The van der Waals surface area contributed by atoms with Crippen LogP contribution >= 0.6 is 0 Å². The predicted octanol–water partition coefficient (Wildman–Crippen LogP) is 0.627. The van der Waals surface area contributed by atoms with Crippen LogP contribution in [0.5, 0.6) is 0 Å². The normalized spacial score (nSPS) is 34.9. The molecule has 1 aliphatic rings. The highest BCUT2D eigenvalue weighted by Gasteiger charge is 2.32. The van der Waals surface area contributed by atoms with Gasteiger partial charge in [-0.25, -0.2) is 0 Å². The third kappa shape index (κ3) is 2.80. The standard InChI is InChI=1S/C12H17NO3/c14-11-6-12(15)9-13(16,8-11)7-10-4-2-1-3-5-10/h1-5,11-12,14-15H,6-9H2. The smallest absolute Gasteiger partial charge is 0.106 e. The van der Waals surface area contributed by atoms with Crippen molar-refractivity contribution in [2.24, 2.45) is 0 Å². The number of rotatable bonds is 2. The molecule has 88 valence electrons. The minimum atomic E-state index is -0.690. The maximum atomic E-state index is 12.3. The van der Waals surface area contributed by atoms with Gasteiger partial charge in [-0.3, -0.25) is 0 Å². The Morgan fingerprint density at radius 3 is 2.25 bits per heavy atom. The van der Waals surface area contributed by atoms with Crippen molar-refractivity contribution in [3.05, 3.63) is 41.1 Å². The van der Waals surface area contributed by atoms with Gasteiger partial charge in [0.1, 0.15) is 31.8 Å². The summed E-state index contributed by atoms with van der Waals surface area (Å²) in [5.41, 5.74) is 0.943. The average Bonchev–Trinajstić information content (AvgIpc) is 2.15. The Balaban J connectivity index is 2.07. The van der Waals surface area contributed by atoms with Gasteiger partial charge in [-0.1, -0.05) is 30.3 Å². The first kappa shape index (κ1) is 11.5. The summed E-state index contributed by atoms with van der Waals surface area (Å²) < 4.78 is -0.535. The van der Waals surface area contributed by atoms with Gasteiger partial charge < -0.3 is 20.1 Å². The molecule has 0 spiro atoms. The van der Waals surface area contributed by atoms with E-state index in [-0.39, 0.29) is 13.1 Å². The molecule has 0 radical (unpaired) electrons. The second-order valence-electron chi connectivity index (χ2n) is 4.61. The van der Waals surface area contributed by atoms with Crippen LogP contribution in [0.1, 0.15) is 12.0 Å². The minimum absolute atomic E-state index is 0.173. The molecule has 4 nitrogen and oxygen atoms in total. The molecule has 0 aromatic heterocycles. The molecule has 2 atom stereocenters. The van der Waals surface area contributed by atoms with E-state index in [4.69, 9.17) is 0 Å². The van der Waals surface area contributed by atoms with E-state index >= 15 is 0 Å². The van der Waals surface area contributed by atoms with Crippen LogP contribution in [-0.2, 0) is 6.54 Å². The molecular formula is C12H17NO3. The van der Waals surface area contributed by atoms with Crippen molar-refractivity contribution < 1.29 is 14.9 Å². The summed E-state index contributed by atoms with van der Waals surface area (Å²) >= 11 is 0. The van der Waals surface area contributed by atoms with Crippen molar-refractivity contribution in [2.45, 2.75) is 25.2 Å². The minimum Gasteiger partial charge on any atom is -0.632 e. The Morgan fingerprint density at radius 1 is 1.12 bits per heavy atom. The zero-order valence-corrected chi connectivity index (χ0v) is 9.12. The Morgan fingerprint density at radius 2 is 1.69 bits per heavy atom. The van der Waals surface area contributed by atoms with E-state index in [0.29, 0.717) is 13.0 Å². The largest absolute Gasteiger partial charge is 0.632 e. The van der Waals surface area contributed by atoms with Gasteiger partial charge in [-0.2, -0.15) is 0 Å². The summed E-state index contributed by atoms with van der Waals surface area (Å²) in [6.45, 7) is 0.660. The van der Waals surface area contributed by atoms with E-state index < -0.39 is 16.9 Å². The molecule has 2 unspecified atom stereocenters. The lowest BCUT2D eigenvalue weighted by atomic mass is 10.0. The van der Waals surface area contributed by atoms with Crippen LogP contribution in [0.15, 0.2) is 30.3 Å². The zero-order valence-electron chi connectivity index (χ0n) is 9.12. The Kier molecular flexibility index (Phi) is 3.25. The highest BCUT2D eigenvalue weighted by atomic mass is 16.6. The van der Waals surface area contributed by atoms with Gasteiger partial charge in [0.05, 0.1) is 0 Å². The SMILES string of the molecule is [O-][N+]1(Cc2ccccc2)CC(O)CC(O)C1. The van der Waals surface area contributed by atoms with E-state index in [0.717, 1.165) is 5.56 Å². The van der Waals surface area contributed by atoms with Gasteiger partial charge >= 0.3 is 0 Å². The van der Waals surface area contributed by atoms with Crippen molar-refractivity contribution in [3.8, 4) is 0 Å². The molecule has 0 saturated carbocycles. The maximum Gasteiger partial charge on any atom is 0.106 e. The summed E-state index contributed by atoms with van der Waals surface area (Å²) in [5.74, 6) is 0. The molecule has 16 heavy (non-hydrogen) atoms. The third-order valence-electron chi connectivity index (χ3n) is 2.94. The highest BCUT2D eigenvalue weighted by molar-refractivity contribution is 5.13. The second kappa shape index (κ2) is 4.51. The molecule has 2 N–H and O–H groups in total. The number of likely N-dealkylation sites (tertiary alicyclic amines) is 1. The lowest BCUT2D eigenvalue weighted by Crippen LogP contribution is -2.55. The summed E-state index contributed by atoms with van der Waals surface area (Å²) in [5, 5.41) is 31.4. The molecule has 0 amide bonds. The molecule has 1 saturated heterocycles. The van der Waals surface area contributed by atoms with Crippen LogP contribution in [0.25, 0.3) is 0 Å². The Labute approximate surface area is 94.9 Å². The Hall–Kier alpha value is -0.940. The number of hydroxylamine groups is 3. The molecule has 1 heterocycles. The van der Waals surface area contributed by atoms with Gasteiger partial charge in [-0.15, -0.1) is 0 Å². The quantitative estimate of drug-likeness (QED) is 0.571. The Bertz CT molecular complexity index is 331. The molecule has 4 heteroatoms. The monoisotopic (exact) mass is 223 g/mol. The number of piperidine rings is 1. The van der Waals surface area contributed by atoms with Gasteiger partial charge in [0.15, 0.2) is 0 Å². The van der Waals surface area contributed by atoms with E-state index in [1.54, 1.807) is 0 Å². The summed E-state index contributed by atoms with van der Waals surface area (Å²) in [6, 6.07) is 9.46. The molecule has 0 aliphatic carbocycles. The van der Waals surface area contributed by atoms with Crippen LogP contribution < -0.4 is 0 Å². The van der Waals surface area contributed by atoms with Gasteiger partial charge in [0.25, 0.3) is 0 Å². The fourth-order valence-corrected chi connectivity index (χ4v) is 2.35. The van der Waals surface area contributed by atoms with E-state index in [1.165, 1.54) is 0 Å². The fraction of sp³-hybridized carbons (Fsp3) is 0.500. The van der Waals surface area contributed by atoms with Gasteiger partial charge in [0.2, 0.25) is 0 Å². The van der Waals surface area contributed by atoms with Crippen LogP contribution in [0.2, 0.25) is 0 Å². The first-order valence-electron chi connectivity index (χ1n) is 5.54. The van der Waals surface area contributed by atoms with E-state index in [2.05, 4.69) is 0 Å². The number of hydrogen-bond acceptors (Lipinski definition) is 3. The average molecular weight is 223 g/mol.